The summed E-state index contributed by atoms with van der Waals surface area (Å²) in [6.45, 7) is -3.50. The van der Waals surface area contributed by atoms with Crippen molar-refractivity contribution in [2.24, 2.45) is 0 Å². The molecule has 21 aliphatic heterocycles. The highest BCUT2D eigenvalue weighted by Gasteiger charge is 2.60. The molecule has 0 aromatic rings. The van der Waals surface area contributed by atoms with Gasteiger partial charge in [-0.15, -0.1) is 0 Å². The largest absolute Gasteiger partial charge is 0.394 e. The SMILES string of the molecule is CC(=O)[C@H]1O[C@@H]2O[C@H]3[C@H](O)[C@@H](O)[C@@H](O[C@H]4[C@H](O)[C@@H](O)[C@@H](O[C@H]5[C@H](O)[C@@H](O)[C@@H](O[C@H]6[C@H](O)[C@@H](O)[C@@H](O[C@H]7[C@@H](O)[C@H](O)[C@@H](O[C@H]8[C@@H](O)[C@H](O)[C@@H](O[C@H]1[C@H](O)[C@H]2O)O[C@@H]8CO)O[C@@H]7CO)O[C@@H]6C(C)=O)O[C@@H]5CO)O[C@@H]4CO)O[C@@H]3CO. The summed E-state index contributed by atoms with van der Waals surface area (Å²) in [4.78, 5) is 26.1. The number of aliphatic hydroxyl groups excluding tert-OH is 19. The lowest BCUT2D eigenvalue weighted by molar-refractivity contribution is -0.394. The third-order valence-corrected chi connectivity index (χ3v) is 15.0. The second-order valence-electron chi connectivity index (χ2n) is 20.3. The molecule has 0 amide bonds. The Bertz CT molecular complexity index is 1970. The summed E-state index contributed by atoms with van der Waals surface area (Å²) < 4.78 is 79.6. The quantitative estimate of drug-likeness (QED) is 0.113. The number of ether oxygens (including phenoxy) is 14. The maximum atomic E-state index is 13.1. The molecule has 79 heavy (non-hydrogen) atoms. The van der Waals surface area contributed by atoms with Gasteiger partial charge in [0, 0.05) is 0 Å². The number of carbonyl (C=O) groups is 2. The highest BCUT2D eigenvalue weighted by molar-refractivity contribution is 5.81. The number of ketones is 2. The van der Waals surface area contributed by atoms with Gasteiger partial charge in [-0.2, -0.15) is 0 Å². The first-order valence-corrected chi connectivity index (χ1v) is 25.2. The van der Waals surface area contributed by atoms with E-state index in [9.17, 15) is 107 Å². The smallest absolute Gasteiger partial charge is 0.187 e. The summed E-state index contributed by atoms with van der Waals surface area (Å²) in [5.74, 6) is -1.88. The zero-order valence-corrected chi connectivity index (χ0v) is 41.8. The Balaban J connectivity index is 1.09. The fourth-order valence-electron chi connectivity index (χ4n) is 10.6. The number of hydrogen-bond donors (Lipinski definition) is 19. The molecular formula is C44H70O35. The van der Waals surface area contributed by atoms with Gasteiger partial charge < -0.3 is 163 Å². The van der Waals surface area contributed by atoms with Gasteiger partial charge >= 0.3 is 0 Å². The van der Waals surface area contributed by atoms with Crippen LogP contribution >= 0.6 is 0 Å². The van der Waals surface area contributed by atoms with E-state index in [1.165, 1.54) is 0 Å². The van der Waals surface area contributed by atoms with Crippen molar-refractivity contribution in [3.8, 4) is 0 Å². The Morgan fingerprint density at radius 1 is 0.241 bits per heavy atom. The van der Waals surface area contributed by atoms with Crippen LogP contribution in [-0.4, -0.2) is 357 Å². The van der Waals surface area contributed by atoms with Gasteiger partial charge in [-0.25, -0.2) is 0 Å². The number of carbonyl (C=O) groups excluding carboxylic acids is 2. The van der Waals surface area contributed by atoms with Crippen molar-refractivity contribution in [1.82, 2.24) is 0 Å². The first kappa shape index (κ1) is 63.1. The minimum Gasteiger partial charge on any atom is -0.394 e. The Morgan fingerprint density at radius 3 is 0.557 bits per heavy atom. The average molecular weight is 1160 g/mol. The molecule has 0 unspecified atom stereocenters. The minimum absolute atomic E-state index is 0.932. The van der Waals surface area contributed by atoms with Gasteiger partial charge in [0.2, 0.25) is 0 Å². The predicted octanol–water partition coefficient (Wildman–Crippen LogP) is -14.0. The van der Waals surface area contributed by atoms with Crippen LogP contribution in [0.25, 0.3) is 0 Å². The number of rotatable bonds is 7. The second kappa shape index (κ2) is 26.1. The number of aliphatic hydroxyl groups is 19. The van der Waals surface area contributed by atoms with E-state index in [4.69, 9.17) is 66.3 Å². The molecule has 21 saturated heterocycles. The van der Waals surface area contributed by atoms with Gasteiger partial charge in [0.1, 0.15) is 171 Å². The maximum Gasteiger partial charge on any atom is 0.187 e. The van der Waals surface area contributed by atoms with E-state index in [-0.39, 0.29) is 0 Å². The lowest BCUT2D eigenvalue weighted by Gasteiger charge is -2.49. The van der Waals surface area contributed by atoms with E-state index in [0.29, 0.717) is 0 Å². The third kappa shape index (κ3) is 12.3. The summed E-state index contributed by atoms with van der Waals surface area (Å²) in [5.41, 5.74) is 0. The van der Waals surface area contributed by atoms with Gasteiger partial charge in [0.05, 0.1) is 33.0 Å². The molecule has 21 aliphatic rings. The molecular weight excluding hydrogens is 1090 g/mol. The molecule has 19 N–H and O–H groups in total. The molecule has 0 saturated carbocycles. The van der Waals surface area contributed by atoms with E-state index in [1.807, 2.05) is 0 Å². The summed E-state index contributed by atoms with van der Waals surface area (Å²) in [6, 6.07) is 0. The molecule has 21 rings (SSSR count). The van der Waals surface area contributed by atoms with E-state index >= 15 is 0 Å². The Morgan fingerprint density at radius 2 is 0.392 bits per heavy atom. The van der Waals surface area contributed by atoms with Crippen LogP contribution in [0.4, 0.5) is 0 Å². The molecule has 0 spiro atoms. The molecule has 456 valence electrons. The van der Waals surface area contributed by atoms with E-state index in [2.05, 4.69) is 0 Å². The van der Waals surface area contributed by atoms with Gasteiger partial charge in [-0.05, 0) is 13.8 Å². The van der Waals surface area contributed by atoms with Crippen LogP contribution in [0, 0.1) is 0 Å². The van der Waals surface area contributed by atoms with Crippen molar-refractivity contribution in [2.75, 3.05) is 33.0 Å². The van der Waals surface area contributed by atoms with Gasteiger partial charge in [0.15, 0.2) is 55.6 Å². The Labute approximate surface area is 445 Å². The van der Waals surface area contributed by atoms with E-state index in [0.717, 1.165) is 13.8 Å². The molecule has 35 heteroatoms. The molecule has 14 bridgehead atoms. The molecule has 21 fully saturated rings. The van der Waals surface area contributed by atoms with Crippen LogP contribution in [0.2, 0.25) is 0 Å². The monoisotopic (exact) mass is 1160 g/mol. The average Bonchev–Trinajstić information content (AvgIpc) is 3.53. The minimum atomic E-state index is -2.27. The maximum absolute atomic E-state index is 13.1. The standard InChI is InChI=1S/C44H70O35/c1-8(50)29-36-21(58)28(65)44(72-29)77-35-14(7-49)68-40(24(61)17(35)54)75-33-12(5-47)70-42(26(63)19(33)56)79-37-20(57)27(64)43(71-30(37)9(2)51)76-34-13(6-48)67-39(23(60)16(34)53)73-31-10(3-45)66-38(22(59)15(31)52)74-32-11(4-46)69-41(78-36)25(62)18(32)55/h10-49,52-65H,3-7H2,1-2H3/t10-,11-,12-,13-,14-,15-,16-,17+,18-,19+,20-,21-,22-,23-,24+,25-,26+,27-,28-,29-,30-,31-,32-,33-,34-,35-,36+,37+,38-,39-,40-,41-,42-,43-,44-/m1/s1. The topological polar surface area (TPSA) is 548 Å². The zero-order valence-electron chi connectivity index (χ0n) is 41.8. The molecule has 0 aromatic carbocycles. The summed E-state index contributed by atoms with van der Waals surface area (Å²) in [6.07, 6.45) is -72.3. The van der Waals surface area contributed by atoms with Gasteiger partial charge in [-0.3, -0.25) is 9.59 Å². The fourth-order valence-corrected chi connectivity index (χ4v) is 10.6. The van der Waals surface area contributed by atoms with Crippen LogP contribution in [0.1, 0.15) is 13.8 Å². The normalized spacial score (nSPS) is 54.2. The van der Waals surface area contributed by atoms with Crippen LogP contribution in [0.3, 0.4) is 0 Å². The summed E-state index contributed by atoms with van der Waals surface area (Å²) >= 11 is 0. The molecule has 35 nitrogen and oxygen atoms in total. The molecule has 21 heterocycles. The lowest BCUT2D eigenvalue weighted by Crippen LogP contribution is -2.68. The lowest BCUT2D eigenvalue weighted by atomic mass is 9.94. The van der Waals surface area contributed by atoms with Gasteiger partial charge in [-0.1, -0.05) is 0 Å². The van der Waals surface area contributed by atoms with Crippen LogP contribution in [-0.2, 0) is 75.9 Å². The first-order chi connectivity index (χ1) is 37.4. The summed E-state index contributed by atoms with van der Waals surface area (Å²) in [7, 11) is 0. The van der Waals surface area contributed by atoms with Crippen LogP contribution in [0.15, 0.2) is 0 Å². The van der Waals surface area contributed by atoms with E-state index < -0.39 is 260 Å². The van der Waals surface area contributed by atoms with E-state index in [1.54, 1.807) is 0 Å². The van der Waals surface area contributed by atoms with Crippen LogP contribution in [0.5, 0.6) is 0 Å². The molecule has 0 aromatic heterocycles. The van der Waals surface area contributed by atoms with Crippen molar-refractivity contribution in [1.29, 1.82) is 0 Å². The second-order valence-corrected chi connectivity index (χ2v) is 20.3. The third-order valence-electron chi connectivity index (χ3n) is 15.0. The fraction of sp³-hybridized carbons (Fsp3) is 0.955. The number of hydrogen-bond acceptors (Lipinski definition) is 35. The van der Waals surface area contributed by atoms with Crippen molar-refractivity contribution in [3.63, 3.8) is 0 Å². The highest BCUT2D eigenvalue weighted by atomic mass is 16.8. The molecule has 35 atom stereocenters. The van der Waals surface area contributed by atoms with Crippen molar-refractivity contribution in [3.05, 3.63) is 0 Å². The predicted molar refractivity (Wildman–Crippen MR) is 236 cm³/mol. The molecule has 0 aliphatic carbocycles. The van der Waals surface area contributed by atoms with Crippen molar-refractivity contribution < 1.29 is 173 Å². The Hall–Kier alpha value is -1.98. The number of Topliss-reactive ketones (excluding diaryl/α,β-unsaturated/α-hetero) is 2. The van der Waals surface area contributed by atoms with Gasteiger partial charge in [0.25, 0.3) is 0 Å². The van der Waals surface area contributed by atoms with Crippen molar-refractivity contribution in [2.45, 2.75) is 229 Å². The Kier molecular flexibility index (Phi) is 20.8. The molecule has 0 radical (unpaired) electrons. The summed E-state index contributed by atoms with van der Waals surface area (Å²) in [5, 5.41) is 210. The first-order valence-electron chi connectivity index (χ1n) is 25.2. The van der Waals surface area contributed by atoms with Crippen LogP contribution < -0.4 is 0 Å². The highest BCUT2D eigenvalue weighted by Crippen LogP contribution is 2.39. The zero-order chi connectivity index (χ0) is 57.8. The van der Waals surface area contributed by atoms with Crippen molar-refractivity contribution >= 4 is 11.6 Å².